The average molecular weight is 197 g/mol. The summed E-state index contributed by atoms with van der Waals surface area (Å²) >= 11 is 0. The van der Waals surface area contributed by atoms with Crippen molar-refractivity contribution in [2.45, 2.75) is 57.1 Å². The van der Waals surface area contributed by atoms with Crippen molar-refractivity contribution in [1.82, 2.24) is 4.90 Å². The number of rotatable bonds is 3. The second kappa shape index (κ2) is 4.63. The van der Waals surface area contributed by atoms with Crippen LogP contribution in [0.25, 0.3) is 0 Å². The van der Waals surface area contributed by atoms with Gasteiger partial charge in [-0.05, 0) is 51.5 Å². The van der Waals surface area contributed by atoms with Gasteiger partial charge >= 0.3 is 0 Å². The third-order valence-electron chi connectivity index (χ3n) is 4.06. The molecule has 0 unspecified atom stereocenters. The van der Waals surface area contributed by atoms with E-state index in [-0.39, 0.29) is 6.10 Å². The van der Waals surface area contributed by atoms with Gasteiger partial charge in [0.25, 0.3) is 0 Å². The molecule has 0 aromatic heterocycles. The van der Waals surface area contributed by atoms with E-state index >= 15 is 0 Å². The molecule has 0 radical (unpaired) electrons. The van der Waals surface area contributed by atoms with Crippen LogP contribution in [0, 0.1) is 5.92 Å². The van der Waals surface area contributed by atoms with Gasteiger partial charge in [0.05, 0.1) is 6.10 Å². The fourth-order valence-corrected chi connectivity index (χ4v) is 2.71. The van der Waals surface area contributed by atoms with E-state index < -0.39 is 0 Å². The summed E-state index contributed by atoms with van der Waals surface area (Å²) in [4.78, 5) is 2.55. The largest absolute Gasteiger partial charge is 0.393 e. The average Bonchev–Trinajstić information content (AvgIpc) is 2.06. The van der Waals surface area contributed by atoms with E-state index in [4.69, 9.17) is 0 Å². The molecule has 1 N–H and O–H groups in total. The number of aliphatic hydroxyl groups is 1. The number of aliphatic hydroxyl groups excluding tert-OH is 1. The van der Waals surface area contributed by atoms with E-state index in [1.807, 2.05) is 0 Å². The first-order valence-electron chi connectivity index (χ1n) is 6.14. The van der Waals surface area contributed by atoms with E-state index in [1.54, 1.807) is 0 Å². The summed E-state index contributed by atoms with van der Waals surface area (Å²) in [6, 6.07) is 0.877. The van der Waals surface area contributed by atoms with Gasteiger partial charge in [0.2, 0.25) is 0 Å². The van der Waals surface area contributed by atoms with E-state index in [0.717, 1.165) is 24.8 Å². The van der Waals surface area contributed by atoms with Crippen molar-refractivity contribution in [1.29, 1.82) is 0 Å². The van der Waals surface area contributed by atoms with Crippen LogP contribution in [-0.4, -0.2) is 35.7 Å². The molecule has 2 heteroatoms. The molecular formula is C12H23NO. The molecule has 0 aromatic carbocycles. The van der Waals surface area contributed by atoms with E-state index in [0.29, 0.717) is 0 Å². The van der Waals surface area contributed by atoms with Crippen LogP contribution in [-0.2, 0) is 0 Å². The molecule has 82 valence electrons. The van der Waals surface area contributed by atoms with Crippen molar-refractivity contribution < 1.29 is 5.11 Å². The molecule has 2 fully saturated rings. The summed E-state index contributed by atoms with van der Waals surface area (Å²) in [5.74, 6) is 0.851. The van der Waals surface area contributed by atoms with Crippen molar-refractivity contribution in [2.75, 3.05) is 13.6 Å². The maximum atomic E-state index is 9.41. The SMILES string of the molecule is CN(CC1CCC(O)CC1)C1CCC1. The highest BCUT2D eigenvalue weighted by Gasteiger charge is 2.26. The van der Waals surface area contributed by atoms with Crippen LogP contribution >= 0.6 is 0 Å². The van der Waals surface area contributed by atoms with Gasteiger partial charge in [0, 0.05) is 12.6 Å². The minimum atomic E-state index is 0.000240. The molecule has 2 rings (SSSR count). The minimum absolute atomic E-state index is 0.000240. The monoisotopic (exact) mass is 197 g/mol. The van der Waals surface area contributed by atoms with Crippen molar-refractivity contribution in [3.8, 4) is 0 Å². The highest BCUT2D eigenvalue weighted by molar-refractivity contribution is 4.81. The van der Waals surface area contributed by atoms with Crippen LogP contribution in [0.5, 0.6) is 0 Å². The topological polar surface area (TPSA) is 23.5 Å². The van der Waals surface area contributed by atoms with Gasteiger partial charge in [0.15, 0.2) is 0 Å². The van der Waals surface area contributed by atoms with Crippen LogP contribution in [0.3, 0.4) is 0 Å². The molecule has 0 aliphatic heterocycles. The molecular weight excluding hydrogens is 174 g/mol. The molecule has 2 nitrogen and oxygen atoms in total. The Morgan fingerprint density at radius 3 is 2.21 bits per heavy atom. The summed E-state index contributed by atoms with van der Waals surface area (Å²) in [5.41, 5.74) is 0. The summed E-state index contributed by atoms with van der Waals surface area (Å²) in [6.45, 7) is 1.26. The Balaban J connectivity index is 1.68. The normalized spacial score (nSPS) is 34.5. The van der Waals surface area contributed by atoms with Gasteiger partial charge < -0.3 is 10.0 Å². The summed E-state index contributed by atoms with van der Waals surface area (Å²) in [7, 11) is 2.27. The van der Waals surface area contributed by atoms with Gasteiger partial charge in [-0.25, -0.2) is 0 Å². The number of nitrogens with zero attached hydrogens (tertiary/aromatic N) is 1. The first-order chi connectivity index (χ1) is 6.75. The highest BCUT2D eigenvalue weighted by Crippen LogP contribution is 2.28. The Morgan fingerprint density at radius 1 is 1.07 bits per heavy atom. The zero-order valence-electron chi connectivity index (χ0n) is 9.28. The molecule has 2 aliphatic carbocycles. The summed E-state index contributed by atoms with van der Waals surface area (Å²) in [5, 5.41) is 9.41. The Bertz CT molecular complexity index is 171. The Morgan fingerprint density at radius 2 is 1.71 bits per heavy atom. The predicted octanol–water partition coefficient (Wildman–Crippen LogP) is 2.02. The second-order valence-corrected chi connectivity index (χ2v) is 5.20. The van der Waals surface area contributed by atoms with Crippen LogP contribution in [0.15, 0.2) is 0 Å². The lowest BCUT2D eigenvalue weighted by Crippen LogP contribution is -2.40. The van der Waals surface area contributed by atoms with Crippen LogP contribution in [0.2, 0.25) is 0 Å². The number of hydrogen-bond donors (Lipinski definition) is 1. The second-order valence-electron chi connectivity index (χ2n) is 5.20. The van der Waals surface area contributed by atoms with Gasteiger partial charge in [-0.15, -0.1) is 0 Å². The Kier molecular flexibility index (Phi) is 3.45. The lowest BCUT2D eigenvalue weighted by Gasteiger charge is -2.38. The quantitative estimate of drug-likeness (QED) is 0.748. The maximum Gasteiger partial charge on any atom is 0.0540 e. The smallest absolute Gasteiger partial charge is 0.0540 e. The first kappa shape index (κ1) is 10.4. The molecule has 0 saturated heterocycles. The molecule has 0 spiro atoms. The van der Waals surface area contributed by atoms with Gasteiger partial charge in [0.1, 0.15) is 0 Å². The maximum absolute atomic E-state index is 9.41. The van der Waals surface area contributed by atoms with E-state index in [2.05, 4.69) is 11.9 Å². The molecule has 0 aromatic rings. The molecule has 2 saturated carbocycles. The van der Waals surface area contributed by atoms with Gasteiger partial charge in [-0.1, -0.05) is 6.42 Å². The zero-order valence-corrected chi connectivity index (χ0v) is 9.28. The molecule has 14 heavy (non-hydrogen) atoms. The fraction of sp³-hybridized carbons (Fsp3) is 1.00. The lowest BCUT2D eigenvalue weighted by atomic mass is 9.85. The fourth-order valence-electron chi connectivity index (χ4n) is 2.71. The van der Waals surface area contributed by atoms with Gasteiger partial charge in [-0.2, -0.15) is 0 Å². The standard InChI is InChI=1S/C12H23NO/c1-13(11-3-2-4-11)9-10-5-7-12(14)8-6-10/h10-12,14H,2-9H2,1H3. The molecule has 0 heterocycles. The van der Waals surface area contributed by atoms with Crippen molar-refractivity contribution in [2.24, 2.45) is 5.92 Å². The van der Waals surface area contributed by atoms with Gasteiger partial charge in [-0.3, -0.25) is 0 Å². The van der Waals surface area contributed by atoms with E-state index in [9.17, 15) is 5.11 Å². The molecule has 0 bridgehead atoms. The molecule has 0 amide bonds. The molecule has 2 aliphatic rings. The van der Waals surface area contributed by atoms with Crippen molar-refractivity contribution in [3.63, 3.8) is 0 Å². The molecule has 0 atom stereocenters. The van der Waals surface area contributed by atoms with Crippen LogP contribution in [0.1, 0.15) is 44.9 Å². The Hall–Kier alpha value is -0.0800. The Labute approximate surface area is 87.3 Å². The first-order valence-corrected chi connectivity index (χ1v) is 6.14. The van der Waals surface area contributed by atoms with E-state index in [1.165, 1.54) is 38.6 Å². The van der Waals surface area contributed by atoms with Crippen molar-refractivity contribution in [3.05, 3.63) is 0 Å². The van der Waals surface area contributed by atoms with Crippen LogP contribution in [0.4, 0.5) is 0 Å². The number of hydrogen-bond acceptors (Lipinski definition) is 2. The zero-order chi connectivity index (χ0) is 9.97. The summed E-state index contributed by atoms with van der Waals surface area (Å²) in [6.07, 6.45) is 8.78. The predicted molar refractivity (Wildman–Crippen MR) is 58.2 cm³/mol. The highest BCUT2D eigenvalue weighted by atomic mass is 16.3. The third-order valence-corrected chi connectivity index (χ3v) is 4.06. The minimum Gasteiger partial charge on any atom is -0.393 e. The summed E-state index contributed by atoms with van der Waals surface area (Å²) < 4.78 is 0. The lowest BCUT2D eigenvalue weighted by molar-refractivity contribution is 0.0788. The van der Waals surface area contributed by atoms with Crippen LogP contribution < -0.4 is 0 Å². The third kappa shape index (κ3) is 2.48. The van der Waals surface area contributed by atoms with Crippen molar-refractivity contribution >= 4 is 0 Å².